The third kappa shape index (κ3) is 3.74. The molecule has 28 heavy (non-hydrogen) atoms. The Hall–Kier alpha value is -2.09. The molecule has 1 N–H and O–H groups in total. The summed E-state index contributed by atoms with van der Waals surface area (Å²) in [5.74, 6) is -0.328. The molecule has 0 unspecified atom stereocenters. The summed E-state index contributed by atoms with van der Waals surface area (Å²) < 4.78 is 28.0. The van der Waals surface area contributed by atoms with E-state index in [0.29, 0.717) is 10.6 Å². The van der Waals surface area contributed by atoms with E-state index in [1.165, 1.54) is 41.0 Å². The van der Waals surface area contributed by atoms with Gasteiger partial charge in [-0.3, -0.25) is 4.79 Å². The maximum Gasteiger partial charge on any atom is 0.257 e. The first-order valence-electron chi connectivity index (χ1n) is 8.69. The number of aromatic nitrogens is 1. The lowest BCUT2D eigenvalue weighted by atomic mass is 10.2. The van der Waals surface area contributed by atoms with E-state index in [9.17, 15) is 13.2 Å². The summed E-state index contributed by atoms with van der Waals surface area (Å²) in [7, 11) is -3.77. The largest absolute Gasteiger partial charge is 0.346 e. The maximum absolute atomic E-state index is 13.0. The Morgan fingerprint density at radius 3 is 2.36 bits per heavy atom. The molecule has 0 radical (unpaired) electrons. The molecule has 2 heterocycles. The van der Waals surface area contributed by atoms with Gasteiger partial charge in [-0.05, 0) is 58.0 Å². The summed E-state index contributed by atoms with van der Waals surface area (Å²) in [5, 5.41) is 6.38. The van der Waals surface area contributed by atoms with Crippen LogP contribution in [-0.4, -0.2) is 18.9 Å². The number of amides is 1. The second kappa shape index (κ2) is 7.73. The van der Waals surface area contributed by atoms with Crippen LogP contribution in [0.15, 0.2) is 50.9 Å². The Bertz CT molecular complexity index is 1130. The molecule has 0 fully saturated rings. The summed E-state index contributed by atoms with van der Waals surface area (Å²) in [6.45, 7) is 7.94. The second-order valence-corrected chi connectivity index (χ2v) is 9.91. The molecular formula is C20H21ClN2O3S2. The van der Waals surface area contributed by atoms with Crippen molar-refractivity contribution in [2.75, 3.05) is 5.32 Å². The van der Waals surface area contributed by atoms with Crippen molar-refractivity contribution in [3.05, 3.63) is 63.1 Å². The molecule has 0 saturated heterocycles. The number of halogens is 1. The monoisotopic (exact) mass is 436 g/mol. The van der Waals surface area contributed by atoms with Gasteiger partial charge in [0.1, 0.15) is 4.90 Å². The number of carbonyl (C=O) groups is 1. The van der Waals surface area contributed by atoms with Crippen molar-refractivity contribution in [3.8, 4) is 0 Å². The van der Waals surface area contributed by atoms with Crippen molar-refractivity contribution >= 4 is 44.4 Å². The molecule has 8 heteroatoms. The third-order valence-corrected chi connectivity index (χ3v) is 7.49. The van der Waals surface area contributed by atoms with Gasteiger partial charge < -0.3 is 9.88 Å². The van der Waals surface area contributed by atoms with Gasteiger partial charge in [0.25, 0.3) is 5.91 Å². The normalized spacial score (nSPS) is 11.8. The molecule has 3 aromatic rings. The Balaban J connectivity index is 1.94. The van der Waals surface area contributed by atoms with Crippen LogP contribution in [0.3, 0.4) is 0 Å². The van der Waals surface area contributed by atoms with E-state index in [0.717, 1.165) is 11.4 Å². The molecule has 0 aliphatic rings. The lowest BCUT2D eigenvalue weighted by Crippen LogP contribution is -2.15. The fraction of sp³-hybridized carbons (Fsp3) is 0.250. The number of anilines is 1. The van der Waals surface area contributed by atoms with Crippen LogP contribution in [-0.2, 0) is 9.84 Å². The van der Waals surface area contributed by atoms with E-state index in [1.54, 1.807) is 5.38 Å². The molecule has 3 rings (SSSR count). The first kappa shape index (κ1) is 20.6. The fourth-order valence-electron chi connectivity index (χ4n) is 3.32. The number of rotatable bonds is 5. The number of nitrogens with one attached hydrogen (secondary N) is 1. The van der Waals surface area contributed by atoms with Gasteiger partial charge in [0.05, 0.1) is 16.1 Å². The minimum atomic E-state index is -3.77. The van der Waals surface area contributed by atoms with Crippen LogP contribution in [0.5, 0.6) is 0 Å². The van der Waals surface area contributed by atoms with Gasteiger partial charge in [-0.2, -0.15) is 0 Å². The molecule has 2 aromatic heterocycles. The van der Waals surface area contributed by atoms with Gasteiger partial charge in [0, 0.05) is 33.2 Å². The first-order valence-corrected chi connectivity index (χ1v) is 11.5. The molecule has 1 amide bonds. The number of thiophene rings is 1. The number of nitrogens with zero attached hydrogens (tertiary/aromatic N) is 1. The molecule has 148 valence electrons. The van der Waals surface area contributed by atoms with Gasteiger partial charge in [0.2, 0.25) is 9.84 Å². The SMILES string of the molecule is Cc1cc(C(=O)Nc2cscc2S(=O)(=O)c2ccc(Cl)cc2)c(C)n1C(C)C. The summed E-state index contributed by atoms with van der Waals surface area (Å²) >= 11 is 7.07. The average Bonchev–Trinajstić information content (AvgIpc) is 3.19. The quantitative estimate of drug-likeness (QED) is 0.575. The summed E-state index contributed by atoms with van der Waals surface area (Å²) in [6, 6.07) is 8.02. The topological polar surface area (TPSA) is 68.2 Å². The Kier molecular flexibility index (Phi) is 5.70. The van der Waals surface area contributed by atoms with Crippen LogP contribution < -0.4 is 5.32 Å². The van der Waals surface area contributed by atoms with Crippen LogP contribution in [0.25, 0.3) is 0 Å². The minimum absolute atomic E-state index is 0.0749. The molecule has 0 bridgehead atoms. The van der Waals surface area contributed by atoms with Crippen molar-refractivity contribution in [2.24, 2.45) is 0 Å². The van der Waals surface area contributed by atoms with E-state index < -0.39 is 9.84 Å². The highest BCUT2D eigenvalue weighted by Gasteiger charge is 2.25. The van der Waals surface area contributed by atoms with Crippen LogP contribution in [0, 0.1) is 13.8 Å². The van der Waals surface area contributed by atoms with E-state index in [1.807, 2.05) is 19.9 Å². The lowest BCUT2D eigenvalue weighted by Gasteiger charge is -2.13. The zero-order valence-corrected chi connectivity index (χ0v) is 18.4. The van der Waals surface area contributed by atoms with E-state index >= 15 is 0 Å². The summed E-state index contributed by atoms with van der Waals surface area (Å²) in [4.78, 5) is 13.1. The standard InChI is InChI=1S/C20H21ClN2O3S2/c1-12(2)23-13(3)9-17(14(23)4)20(24)22-18-10-27-11-19(18)28(25,26)16-7-5-15(21)6-8-16/h5-12H,1-4H3,(H,22,24). The van der Waals surface area contributed by atoms with E-state index in [2.05, 4.69) is 23.7 Å². The zero-order chi connectivity index (χ0) is 20.6. The van der Waals surface area contributed by atoms with Gasteiger partial charge in [-0.15, -0.1) is 11.3 Å². The average molecular weight is 437 g/mol. The Morgan fingerprint density at radius 1 is 1.14 bits per heavy atom. The number of sulfone groups is 1. The Morgan fingerprint density at radius 2 is 1.79 bits per heavy atom. The van der Waals surface area contributed by atoms with Crippen LogP contribution in [0.2, 0.25) is 5.02 Å². The van der Waals surface area contributed by atoms with Crippen LogP contribution >= 0.6 is 22.9 Å². The highest BCUT2D eigenvalue weighted by atomic mass is 35.5. The van der Waals surface area contributed by atoms with Crippen molar-refractivity contribution < 1.29 is 13.2 Å². The predicted octanol–water partition coefficient (Wildman–Crippen LogP) is 5.49. The van der Waals surface area contributed by atoms with Gasteiger partial charge in [-0.1, -0.05) is 11.6 Å². The highest BCUT2D eigenvalue weighted by Crippen LogP contribution is 2.32. The molecule has 0 saturated carbocycles. The maximum atomic E-state index is 13.0. The van der Waals surface area contributed by atoms with Crippen LogP contribution in [0.1, 0.15) is 41.6 Å². The van der Waals surface area contributed by atoms with Crippen molar-refractivity contribution in [2.45, 2.75) is 43.5 Å². The van der Waals surface area contributed by atoms with Crippen LogP contribution in [0.4, 0.5) is 5.69 Å². The first-order chi connectivity index (χ1) is 13.1. The minimum Gasteiger partial charge on any atom is -0.346 e. The van der Waals surface area contributed by atoms with Crippen molar-refractivity contribution in [1.82, 2.24) is 4.57 Å². The molecule has 0 aliphatic heterocycles. The lowest BCUT2D eigenvalue weighted by molar-refractivity contribution is 0.102. The summed E-state index contributed by atoms with van der Waals surface area (Å²) in [6.07, 6.45) is 0. The third-order valence-electron chi connectivity index (χ3n) is 4.53. The Labute approximate surface area is 173 Å². The van der Waals surface area contributed by atoms with Crippen molar-refractivity contribution in [3.63, 3.8) is 0 Å². The summed E-state index contributed by atoms with van der Waals surface area (Å²) in [5.41, 5.74) is 2.64. The molecular weight excluding hydrogens is 416 g/mol. The van der Waals surface area contributed by atoms with Gasteiger partial charge >= 0.3 is 0 Å². The van der Waals surface area contributed by atoms with Gasteiger partial charge in [0.15, 0.2) is 0 Å². The second-order valence-electron chi connectivity index (χ2n) is 6.81. The number of benzene rings is 1. The fourth-order valence-corrected chi connectivity index (χ4v) is 5.98. The smallest absolute Gasteiger partial charge is 0.257 e. The molecule has 0 aliphatic carbocycles. The number of aryl methyl sites for hydroxylation is 1. The molecule has 1 aromatic carbocycles. The van der Waals surface area contributed by atoms with E-state index in [-0.39, 0.29) is 27.4 Å². The van der Waals surface area contributed by atoms with Gasteiger partial charge in [-0.25, -0.2) is 8.42 Å². The zero-order valence-electron chi connectivity index (χ0n) is 16.0. The molecule has 0 atom stereocenters. The van der Waals surface area contributed by atoms with Crippen molar-refractivity contribution in [1.29, 1.82) is 0 Å². The number of hydrogen-bond donors (Lipinski definition) is 1. The number of carbonyl (C=O) groups excluding carboxylic acids is 1. The predicted molar refractivity (Wildman–Crippen MR) is 113 cm³/mol. The molecule has 5 nitrogen and oxygen atoms in total. The molecule has 0 spiro atoms. The number of hydrogen-bond acceptors (Lipinski definition) is 4. The highest BCUT2D eigenvalue weighted by molar-refractivity contribution is 7.91. The van der Waals surface area contributed by atoms with E-state index in [4.69, 9.17) is 11.6 Å².